The van der Waals surface area contributed by atoms with E-state index in [2.05, 4.69) is 11.8 Å². The van der Waals surface area contributed by atoms with Gasteiger partial charge in [0.25, 0.3) is 0 Å². The van der Waals surface area contributed by atoms with Gasteiger partial charge < -0.3 is 9.64 Å². The maximum atomic E-state index is 12.1. The summed E-state index contributed by atoms with van der Waals surface area (Å²) in [6.07, 6.45) is 1.81. The Morgan fingerprint density at radius 2 is 2.17 bits per heavy atom. The Kier molecular flexibility index (Phi) is 4.02. The second kappa shape index (κ2) is 5.53. The van der Waals surface area contributed by atoms with E-state index in [0.29, 0.717) is 6.61 Å². The van der Waals surface area contributed by atoms with Gasteiger partial charge in [0, 0.05) is 18.0 Å². The van der Waals surface area contributed by atoms with Crippen LogP contribution in [0.4, 0.5) is 0 Å². The molecule has 1 aliphatic carbocycles. The van der Waals surface area contributed by atoms with Gasteiger partial charge in [-0.2, -0.15) is 0 Å². The fourth-order valence-electron chi connectivity index (χ4n) is 2.31. The Morgan fingerprint density at radius 3 is 2.83 bits per heavy atom. The number of carbonyl (C=O) groups is 1. The summed E-state index contributed by atoms with van der Waals surface area (Å²) in [5.74, 6) is 1.27. The van der Waals surface area contributed by atoms with Crippen LogP contribution in [0, 0.1) is 5.92 Å². The third-order valence-electron chi connectivity index (χ3n) is 3.48. The minimum atomic E-state index is 0.178. The molecule has 0 unspecified atom stereocenters. The number of Topliss-reactive ketones (excluding diaryl/α,β-unsaturated/α-hetero) is 1. The molecule has 1 atom stereocenters. The Morgan fingerprint density at radius 1 is 1.39 bits per heavy atom. The molecule has 0 bridgehead atoms. The number of carbonyl (C=O) groups excluding carboxylic acids is 1. The van der Waals surface area contributed by atoms with Gasteiger partial charge in [0.05, 0.1) is 0 Å². The quantitative estimate of drug-likeness (QED) is 0.800. The Bertz CT molecular complexity index is 440. The highest BCUT2D eigenvalue weighted by Gasteiger charge is 2.29. The van der Waals surface area contributed by atoms with Crippen molar-refractivity contribution in [3.8, 4) is 5.75 Å². The van der Waals surface area contributed by atoms with E-state index < -0.39 is 0 Å². The van der Waals surface area contributed by atoms with Crippen molar-refractivity contribution in [2.24, 2.45) is 5.92 Å². The van der Waals surface area contributed by atoms with Gasteiger partial charge in [0.1, 0.15) is 12.4 Å². The van der Waals surface area contributed by atoms with Crippen LogP contribution in [0.1, 0.15) is 29.3 Å². The van der Waals surface area contributed by atoms with E-state index in [9.17, 15) is 4.79 Å². The second-order valence-corrected chi connectivity index (χ2v) is 5.14. The molecule has 0 amide bonds. The second-order valence-electron chi connectivity index (χ2n) is 5.14. The van der Waals surface area contributed by atoms with Gasteiger partial charge in [-0.1, -0.05) is 13.0 Å². The lowest BCUT2D eigenvalue weighted by Crippen LogP contribution is -2.19. The van der Waals surface area contributed by atoms with Crippen molar-refractivity contribution in [3.63, 3.8) is 0 Å². The number of ketones is 1. The molecule has 0 fully saturated rings. The van der Waals surface area contributed by atoms with E-state index in [1.54, 1.807) is 0 Å². The van der Waals surface area contributed by atoms with Crippen molar-refractivity contribution in [1.29, 1.82) is 0 Å². The van der Waals surface area contributed by atoms with E-state index in [4.69, 9.17) is 4.74 Å². The van der Waals surface area contributed by atoms with Crippen molar-refractivity contribution < 1.29 is 9.53 Å². The van der Waals surface area contributed by atoms with Crippen LogP contribution in [0.25, 0.3) is 0 Å². The van der Waals surface area contributed by atoms with Crippen LogP contribution in [-0.2, 0) is 6.42 Å². The van der Waals surface area contributed by atoms with Crippen LogP contribution in [0.3, 0.4) is 0 Å². The smallest absolute Gasteiger partial charge is 0.166 e. The zero-order valence-electron chi connectivity index (χ0n) is 11.4. The van der Waals surface area contributed by atoms with Crippen LogP contribution in [-0.4, -0.2) is 37.9 Å². The standard InChI is InChI=1S/C15H21NO2/c1-4-11-9-12-5-6-13(10-14(12)15(11)17)18-8-7-16(2)3/h5-6,10-11H,4,7-9H2,1-3H3/t11-/m1/s1. The van der Waals surface area contributed by atoms with Crippen molar-refractivity contribution in [2.45, 2.75) is 19.8 Å². The Hall–Kier alpha value is -1.35. The molecule has 0 heterocycles. The molecular formula is C15H21NO2. The van der Waals surface area contributed by atoms with E-state index >= 15 is 0 Å². The summed E-state index contributed by atoms with van der Waals surface area (Å²) in [4.78, 5) is 14.2. The van der Waals surface area contributed by atoms with Crippen molar-refractivity contribution in [1.82, 2.24) is 4.90 Å². The van der Waals surface area contributed by atoms with E-state index in [0.717, 1.165) is 30.7 Å². The first kappa shape index (κ1) is 13.1. The van der Waals surface area contributed by atoms with Gasteiger partial charge in [0.2, 0.25) is 0 Å². The van der Waals surface area contributed by atoms with Gasteiger partial charge in [0.15, 0.2) is 5.78 Å². The monoisotopic (exact) mass is 247 g/mol. The molecule has 1 aliphatic rings. The fraction of sp³-hybridized carbons (Fsp3) is 0.533. The van der Waals surface area contributed by atoms with Gasteiger partial charge in [-0.15, -0.1) is 0 Å². The molecule has 1 aromatic carbocycles. The van der Waals surface area contributed by atoms with Crippen LogP contribution in [0.15, 0.2) is 18.2 Å². The predicted molar refractivity (Wildman–Crippen MR) is 72.3 cm³/mol. The van der Waals surface area contributed by atoms with Crippen LogP contribution >= 0.6 is 0 Å². The molecule has 98 valence electrons. The number of likely N-dealkylation sites (N-methyl/N-ethyl adjacent to an activating group) is 1. The van der Waals surface area contributed by atoms with Crippen LogP contribution in [0.5, 0.6) is 5.75 Å². The Balaban J connectivity index is 2.05. The van der Waals surface area contributed by atoms with Gasteiger partial charge >= 0.3 is 0 Å². The molecule has 0 saturated heterocycles. The molecule has 1 aromatic rings. The lowest BCUT2D eigenvalue weighted by Gasteiger charge is -2.11. The van der Waals surface area contributed by atoms with Gasteiger partial charge in [-0.25, -0.2) is 0 Å². The minimum Gasteiger partial charge on any atom is -0.492 e. The summed E-state index contributed by atoms with van der Waals surface area (Å²) < 4.78 is 5.67. The number of hydrogen-bond acceptors (Lipinski definition) is 3. The molecule has 0 saturated carbocycles. The predicted octanol–water partition coefficient (Wildman–Crippen LogP) is 2.39. The molecule has 3 nitrogen and oxygen atoms in total. The summed E-state index contributed by atoms with van der Waals surface area (Å²) in [7, 11) is 4.03. The number of rotatable bonds is 5. The maximum Gasteiger partial charge on any atom is 0.166 e. The largest absolute Gasteiger partial charge is 0.492 e. The lowest BCUT2D eigenvalue weighted by molar-refractivity contribution is 0.0933. The SMILES string of the molecule is CC[C@@H]1Cc2ccc(OCCN(C)C)cc2C1=O. The summed E-state index contributed by atoms with van der Waals surface area (Å²) in [5, 5.41) is 0. The molecule has 0 aliphatic heterocycles. The molecule has 3 heteroatoms. The molecule has 0 aromatic heterocycles. The summed E-state index contributed by atoms with van der Waals surface area (Å²) >= 11 is 0. The average Bonchev–Trinajstić information content (AvgIpc) is 2.66. The first-order valence-corrected chi connectivity index (χ1v) is 6.56. The highest BCUT2D eigenvalue weighted by atomic mass is 16.5. The summed E-state index contributed by atoms with van der Waals surface area (Å²) in [5.41, 5.74) is 2.04. The summed E-state index contributed by atoms with van der Waals surface area (Å²) in [6, 6.07) is 5.91. The van der Waals surface area contributed by atoms with Crippen molar-refractivity contribution in [3.05, 3.63) is 29.3 Å². The van der Waals surface area contributed by atoms with Gasteiger partial charge in [-0.05, 0) is 44.6 Å². The minimum absolute atomic E-state index is 0.178. The third-order valence-corrected chi connectivity index (χ3v) is 3.48. The highest BCUT2D eigenvalue weighted by molar-refractivity contribution is 6.02. The summed E-state index contributed by atoms with van der Waals surface area (Å²) in [6.45, 7) is 3.60. The lowest BCUT2D eigenvalue weighted by atomic mass is 10.0. The number of benzene rings is 1. The van der Waals surface area contributed by atoms with E-state index in [1.807, 2.05) is 32.3 Å². The molecule has 0 N–H and O–H groups in total. The average molecular weight is 247 g/mol. The highest BCUT2D eigenvalue weighted by Crippen LogP contribution is 2.31. The zero-order chi connectivity index (χ0) is 13.1. The first-order valence-electron chi connectivity index (χ1n) is 6.56. The first-order chi connectivity index (χ1) is 8.61. The van der Waals surface area contributed by atoms with E-state index in [-0.39, 0.29) is 11.7 Å². The maximum absolute atomic E-state index is 12.1. The molecular weight excluding hydrogens is 226 g/mol. The van der Waals surface area contributed by atoms with Crippen molar-refractivity contribution in [2.75, 3.05) is 27.2 Å². The zero-order valence-corrected chi connectivity index (χ0v) is 11.4. The van der Waals surface area contributed by atoms with Crippen LogP contribution < -0.4 is 4.74 Å². The van der Waals surface area contributed by atoms with Crippen LogP contribution in [0.2, 0.25) is 0 Å². The number of hydrogen-bond donors (Lipinski definition) is 0. The molecule has 18 heavy (non-hydrogen) atoms. The van der Waals surface area contributed by atoms with Crippen molar-refractivity contribution >= 4 is 5.78 Å². The van der Waals surface area contributed by atoms with Gasteiger partial charge in [-0.3, -0.25) is 4.79 Å². The Labute approximate surface area is 109 Å². The topological polar surface area (TPSA) is 29.5 Å². The normalized spacial score (nSPS) is 18.2. The van der Waals surface area contributed by atoms with E-state index in [1.165, 1.54) is 5.56 Å². The number of ether oxygens (including phenoxy) is 1. The number of nitrogens with zero attached hydrogens (tertiary/aromatic N) is 1. The molecule has 0 spiro atoms. The fourth-order valence-corrected chi connectivity index (χ4v) is 2.31. The third kappa shape index (κ3) is 2.72. The molecule has 0 radical (unpaired) electrons. The number of fused-ring (bicyclic) bond motifs is 1. The molecule has 2 rings (SSSR count).